The number of amides is 1. The number of ether oxygens (including phenoxy) is 2. The number of hydrogen-bond acceptors (Lipinski definition) is 4. The predicted octanol–water partition coefficient (Wildman–Crippen LogP) is 2.96. The molecule has 0 aromatic carbocycles. The highest BCUT2D eigenvalue weighted by molar-refractivity contribution is 5.79. The number of rotatable bonds is 5. The monoisotopic (exact) mass is 366 g/mol. The highest BCUT2D eigenvalue weighted by atomic mass is 16.5. The second-order valence-corrected chi connectivity index (χ2v) is 8.91. The summed E-state index contributed by atoms with van der Waals surface area (Å²) in [6.07, 6.45) is 8.87. The van der Waals surface area contributed by atoms with Crippen LogP contribution in [-0.4, -0.2) is 55.4 Å². The topological polar surface area (TPSA) is 64.8 Å². The van der Waals surface area contributed by atoms with Crippen molar-refractivity contribution >= 4 is 5.91 Å². The second-order valence-electron chi connectivity index (χ2n) is 8.91. The minimum Gasteiger partial charge on any atom is -0.381 e. The largest absolute Gasteiger partial charge is 0.381 e. The Labute approximate surface area is 159 Å². The molecule has 3 aliphatic rings. The van der Waals surface area contributed by atoms with Gasteiger partial charge < -0.3 is 20.1 Å². The number of nitrogens with two attached hydrogens (primary N) is 1. The Balaban J connectivity index is 1.52. The van der Waals surface area contributed by atoms with Gasteiger partial charge in [0.05, 0.1) is 18.8 Å². The van der Waals surface area contributed by atoms with Gasteiger partial charge in [-0.05, 0) is 63.2 Å². The first kappa shape index (κ1) is 20.1. The molecule has 2 atom stereocenters. The molecule has 3 fully saturated rings. The van der Waals surface area contributed by atoms with Crippen LogP contribution in [0.2, 0.25) is 0 Å². The van der Waals surface area contributed by atoms with Crippen LogP contribution in [0.3, 0.4) is 0 Å². The number of carbonyl (C=O) groups excluding carboxylic acids is 1. The summed E-state index contributed by atoms with van der Waals surface area (Å²) in [6, 6.07) is 0.0847. The van der Waals surface area contributed by atoms with E-state index in [0.717, 1.165) is 56.9 Å². The lowest BCUT2D eigenvalue weighted by molar-refractivity contribution is -0.145. The molecule has 5 heteroatoms. The average molecular weight is 367 g/mol. The van der Waals surface area contributed by atoms with Gasteiger partial charge in [0, 0.05) is 31.7 Å². The molecule has 5 nitrogen and oxygen atoms in total. The van der Waals surface area contributed by atoms with Crippen LogP contribution < -0.4 is 5.73 Å². The van der Waals surface area contributed by atoms with E-state index in [4.69, 9.17) is 15.2 Å². The average Bonchev–Trinajstić information content (AvgIpc) is 2.67. The van der Waals surface area contributed by atoms with Gasteiger partial charge in [-0.3, -0.25) is 4.79 Å². The SMILES string of the molecule is CC(C)[C@H]1CC[C@@H](OC[C@H]2[C@@H](N)CCCN2C(=O)C2CCOCC2)CC1. The Kier molecular flexibility index (Phi) is 7.35. The Morgan fingerprint density at radius 3 is 2.46 bits per heavy atom. The Morgan fingerprint density at radius 2 is 1.81 bits per heavy atom. The molecule has 2 heterocycles. The lowest BCUT2D eigenvalue weighted by Crippen LogP contribution is -2.58. The number of hydrogen-bond donors (Lipinski definition) is 1. The highest BCUT2D eigenvalue weighted by Gasteiger charge is 2.36. The molecule has 3 rings (SSSR count). The fourth-order valence-corrected chi connectivity index (χ4v) is 4.91. The van der Waals surface area contributed by atoms with E-state index in [0.29, 0.717) is 25.9 Å². The zero-order valence-corrected chi connectivity index (χ0v) is 16.7. The van der Waals surface area contributed by atoms with E-state index in [-0.39, 0.29) is 23.9 Å². The molecule has 0 bridgehead atoms. The molecule has 150 valence electrons. The normalized spacial score (nSPS) is 34.2. The summed E-state index contributed by atoms with van der Waals surface area (Å²) < 4.78 is 11.7. The summed E-state index contributed by atoms with van der Waals surface area (Å²) in [6.45, 7) is 7.50. The molecule has 0 aromatic rings. The van der Waals surface area contributed by atoms with Crippen molar-refractivity contribution in [1.29, 1.82) is 0 Å². The second kappa shape index (κ2) is 9.52. The third-order valence-electron chi connectivity index (χ3n) is 6.85. The van der Waals surface area contributed by atoms with E-state index < -0.39 is 0 Å². The minimum atomic E-state index is 0.0412. The van der Waals surface area contributed by atoms with Crippen molar-refractivity contribution in [3.8, 4) is 0 Å². The molecule has 0 radical (unpaired) electrons. The van der Waals surface area contributed by atoms with Gasteiger partial charge in [-0.15, -0.1) is 0 Å². The van der Waals surface area contributed by atoms with E-state index in [1.165, 1.54) is 12.8 Å². The molecular weight excluding hydrogens is 328 g/mol. The Morgan fingerprint density at radius 1 is 1.12 bits per heavy atom. The molecule has 2 aliphatic heterocycles. The summed E-state index contributed by atoms with van der Waals surface area (Å²) in [5.41, 5.74) is 6.42. The van der Waals surface area contributed by atoms with Gasteiger partial charge in [0.25, 0.3) is 0 Å². The Bertz CT molecular complexity index is 443. The minimum absolute atomic E-state index is 0.0412. The van der Waals surface area contributed by atoms with Gasteiger partial charge in [0.2, 0.25) is 5.91 Å². The van der Waals surface area contributed by atoms with Crippen LogP contribution in [0.15, 0.2) is 0 Å². The first-order chi connectivity index (χ1) is 12.6. The van der Waals surface area contributed by atoms with Crippen molar-refractivity contribution in [2.24, 2.45) is 23.5 Å². The maximum atomic E-state index is 13.0. The third kappa shape index (κ3) is 4.99. The first-order valence-electron chi connectivity index (χ1n) is 10.8. The lowest BCUT2D eigenvalue weighted by atomic mass is 9.80. The third-order valence-corrected chi connectivity index (χ3v) is 6.85. The van der Waals surface area contributed by atoms with Gasteiger partial charge in [0.1, 0.15) is 0 Å². The van der Waals surface area contributed by atoms with Crippen molar-refractivity contribution in [1.82, 2.24) is 4.90 Å². The van der Waals surface area contributed by atoms with Gasteiger partial charge in [0.15, 0.2) is 0 Å². The smallest absolute Gasteiger partial charge is 0.226 e. The van der Waals surface area contributed by atoms with Gasteiger partial charge in [-0.25, -0.2) is 0 Å². The number of likely N-dealkylation sites (tertiary alicyclic amines) is 1. The van der Waals surface area contributed by atoms with Crippen molar-refractivity contribution in [3.63, 3.8) is 0 Å². The molecule has 0 unspecified atom stereocenters. The van der Waals surface area contributed by atoms with Crippen molar-refractivity contribution in [2.45, 2.75) is 83.4 Å². The van der Waals surface area contributed by atoms with E-state index in [2.05, 4.69) is 13.8 Å². The van der Waals surface area contributed by atoms with Crippen molar-refractivity contribution < 1.29 is 14.3 Å². The zero-order chi connectivity index (χ0) is 18.5. The van der Waals surface area contributed by atoms with Crippen LogP contribution in [0.5, 0.6) is 0 Å². The molecule has 2 N–H and O–H groups in total. The molecular formula is C21H38N2O3. The molecule has 0 spiro atoms. The van der Waals surface area contributed by atoms with Crippen LogP contribution in [0.25, 0.3) is 0 Å². The molecule has 2 saturated heterocycles. The van der Waals surface area contributed by atoms with Gasteiger partial charge in [-0.1, -0.05) is 13.8 Å². The molecule has 1 saturated carbocycles. The van der Waals surface area contributed by atoms with E-state index in [9.17, 15) is 4.79 Å². The summed E-state index contributed by atoms with van der Waals surface area (Å²) in [7, 11) is 0. The van der Waals surface area contributed by atoms with Crippen LogP contribution in [0.4, 0.5) is 0 Å². The summed E-state index contributed by atoms with van der Waals surface area (Å²) in [5, 5.41) is 0. The van der Waals surface area contributed by atoms with Crippen LogP contribution in [0, 0.1) is 17.8 Å². The molecule has 26 heavy (non-hydrogen) atoms. The number of nitrogens with zero attached hydrogens (tertiary/aromatic N) is 1. The van der Waals surface area contributed by atoms with E-state index in [1.807, 2.05) is 4.90 Å². The van der Waals surface area contributed by atoms with Gasteiger partial charge in [-0.2, -0.15) is 0 Å². The summed E-state index contributed by atoms with van der Waals surface area (Å²) >= 11 is 0. The summed E-state index contributed by atoms with van der Waals surface area (Å²) in [4.78, 5) is 15.1. The lowest BCUT2D eigenvalue weighted by Gasteiger charge is -2.42. The maximum Gasteiger partial charge on any atom is 0.226 e. The predicted molar refractivity (Wildman–Crippen MR) is 103 cm³/mol. The van der Waals surface area contributed by atoms with E-state index >= 15 is 0 Å². The maximum absolute atomic E-state index is 13.0. The highest BCUT2D eigenvalue weighted by Crippen LogP contribution is 2.32. The quantitative estimate of drug-likeness (QED) is 0.812. The molecule has 0 aromatic heterocycles. The summed E-state index contributed by atoms with van der Waals surface area (Å²) in [5.74, 6) is 2.01. The fraction of sp³-hybridized carbons (Fsp3) is 0.952. The number of carbonyl (C=O) groups is 1. The molecule has 1 aliphatic carbocycles. The Hall–Kier alpha value is -0.650. The van der Waals surface area contributed by atoms with Crippen LogP contribution in [0.1, 0.15) is 65.2 Å². The molecule has 1 amide bonds. The van der Waals surface area contributed by atoms with E-state index in [1.54, 1.807) is 0 Å². The standard InChI is InChI=1S/C21H38N2O3/c1-15(2)16-5-7-18(8-6-16)26-14-20-19(22)4-3-11-23(20)21(24)17-9-12-25-13-10-17/h15-20H,3-14,22H2,1-2H3/t16-,18+,19-,20-/m0/s1. The van der Waals surface area contributed by atoms with Crippen molar-refractivity contribution in [2.75, 3.05) is 26.4 Å². The zero-order valence-electron chi connectivity index (χ0n) is 16.7. The first-order valence-corrected chi connectivity index (χ1v) is 10.8. The van der Waals surface area contributed by atoms with Gasteiger partial charge >= 0.3 is 0 Å². The van der Waals surface area contributed by atoms with Crippen LogP contribution >= 0.6 is 0 Å². The van der Waals surface area contributed by atoms with Crippen LogP contribution in [-0.2, 0) is 14.3 Å². The number of piperidine rings is 1. The fourth-order valence-electron chi connectivity index (χ4n) is 4.91. The van der Waals surface area contributed by atoms with Crippen molar-refractivity contribution in [3.05, 3.63) is 0 Å².